The van der Waals surface area contributed by atoms with Crippen LogP contribution in [0.2, 0.25) is 0 Å². The predicted molar refractivity (Wildman–Crippen MR) is 61.0 cm³/mol. The SMILES string of the molecule is CN=C1COCCN1Cc1ccccc1. The molecule has 1 aromatic carbocycles. The first kappa shape index (κ1) is 10.2. The van der Waals surface area contributed by atoms with Gasteiger partial charge in [-0.2, -0.15) is 0 Å². The van der Waals surface area contributed by atoms with Gasteiger partial charge in [0.05, 0.1) is 6.61 Å². The molecule has 0 aromatic heterocycles. The molecule has 0 atom stereocenters. The van der Waals surface area contributed by atoms with Crippen LogP contribution in [0.5, 0.6) is 0 Å². The van der Waals surface area contributed by atoms with Crippen molar-refractivity contribution in [2.24, 2.45) is 4.99 Å². The van der Waals surface area contributed by atoms with Gasteiger partial charge in [0.15, 0.2) is 0 Å². The van der Waals surface area contributed by atoms with E-state index in [-0.39, 0.29) is 0 Å². The average Bonchev–Trinajstić information content (AvgIpc) is 2.31. The summed E-state index contributed by atoms with van der Waals surface area (Å²) < 4.78 is 5.37. The van der Waals surface area contributed by atoms with E-state index in [0.717, 1.165) is 25.5 Å². The molecule has 1 saturated heterocycles. The molecule has 0 saturated carbocycles. The summed E-state index contributed by atoms with van der Waals surface area (Å²) in [4.78, 5) is 6.52. The number of amidine groups is 1. The largest absolute Gasteiger partial charge is 0.372 e. The molecule has 1 fully saturated rings. The number of ether oxygens (including phenoxy) is 1. The third-order valence-electron chi connectivity index (χ3n) is 2.58. The molecule has 0 bridgehead atoms. The Bertz CT molecular complexity index is 335. The van der Waals surface area contributed by atoms with Crippen LogP contribution >= 0.6 is 0 Å². The van der Waals surface area contributed by atoms with Gasteiger partial charge in [0.25, 0.3) is 0 Å². The van der Waals surface area contributed by atoms with E-state index in [1.165, 1.54) is 5.56 Å². The Kier molecular flexibility index (Phi) is 3.35. The summed E-state index contributed by atoms with van der Waals surface area (Å²) in [5.41, 5.74) is 1.32. The fourth-order valence-electron chi connectivity index (χ4n) is 1.74. The molecule has 15 heavy (non-hydrogen) atoms. The van der Waals surface area contributed by atoms with E-state index in [1.54, 1.807) is 0 Å². The zero-order valence-electron chi connectivity index (χ0n) is 9.02. The molecule has 0 spiro atoms. The van der Waals surface area contributed by atoms with Crippen LogP contribution in [0.1, 0.15) is 5.56 Å². The molecular weight excluding hydrogens is 188 g/mol. The molecule has 1 aliphatic rings. The topological polar surface area (TPSA) is 24.8 Å². The van der Waals surface area contributed by atoms with Crippen molar-refractivity contribution in [2.45, 2.75) is 6.54 Å². The van der Waals surface area contributed by atoms with Crippen LogP contribution in [0.25, 0.3) is 0 Å². The van der Waals surface area contributed by atoms with E-state index < -0.39 is 0 Å². The predicted octanol–water partition coefficient (Wildman–Crippen LogP) is 1.55. The van der Waals surface area contributed by atoms with Crippen molar-refractivity contribution in [3.8, 4) is 0 Å². The van der Waals surface area contributed by atoms with Crippen molar-refractivity contribution >= 4 is 5.84 Å². The Balaban J connectivity index is 2.04. The summed E-state index contributed by atoms with van der Waals surface area (Å²) in [7, 11) is 1.82. The zero-order chi connectivity index (χ0) is 10.5. The molecule has 1 aliphatic heterocycles. The number of rotatable bonds is 2. The number of nitrogens with zero attached hydrogens (tertiary/aromatic N) is 2. The summed E-state index contributed by atoms with van der Waals surface area (Å²) in [6, 6.07) is 10.5. The molecule has 0 amide bonds. The van der Waals surface area contributed by atoms with Crippen molar-refractivity contribution in [1.29, 1.82) is 0 Å². The first-order valence-electron chi connectivity index (χ1n) is 5.22. The highest BCUT2D eigenvalue weighted by atomic mass is 16.5. The Morgan fingerprint density at radius 2 is 2.13 bits per heavy atom. The van der Waals surface area contributed by atoms with Crippen LogP contribution < -0.4 is 0 Å². The second kappa shape index (κ2) is 4.94. The van der Waals surface area contributed by atoms with Crippen LogP contribution in [0, 0.1) is 0 Å². The Morgan fingerprint density at radius 1 is 1.33 bits per heavy atom. The standard InChI is InChI=1S/C12H16N2O/c1-13-12-10-15-8-7-14(12)9-11-5-3-2-4-6-11/h2-6H,7-10H2,1H3. The molecule has 0 radical (unpaired) electrons. The average molecular weight is 204 g/mol. The summed E-state index contributed by atoms with van der Waals surface area (Å²) in [6.07, 6.45) is 0. The lowest BCUT2D eigenvalue weighted by Gasteiger charge is -2.30. The maximum atomic E-state index is 5.37. The van der Waals surface area contributed by atoms with Gasteiger partial charge in [-0.15, -0.1) is 0 Å². The van der Waals surface area contributed by atoms with Gasteiger partial charge in [-0.25, -0.2) is 0 Å². The van der Waals surface area contributed by atoms with E-state index in [9.17, 15) is 0 Å². The highest BCUT2D eigenvalue weighted by Gasteiger charge is 2.15. The van der Waals surface area contributed by atoms with Crippen LogP contribution in [0.4, 0.5) is 0 Å². The van der Waals surface area contributed by atoms with Crippen molar-refractivity contribution in [2.75, 3.05) is 26.8 Å². The second-order valence-electron chi connectivity index (χ2n) is 3.60. The van der Waals surface area contributed by atoms with E-state index in [2.05, 4.69) is 34.2 Å². The van der Waals surface area contributed by atoms with E-state index in [1.807, 2.05) is 13.1 Å². The quantitative estimate of drug-likeness (QED) is 0.730. The van der Waals surface area contributed by atoms with E-state index >= 15 is 0 Å². The Morgan fingerprint density at radius 3 is 2.87 bits per heavy atom. The van der Waals surface area contributed by atoms with Crippen LogP contribution in [-0.2, 0) is 11.3 Å². The van der Waals surface area contributed by atoms with Crippen molar-refractivity contribution in [3.05, 3.63) is 35.9 Å². The summed E-state index contributed by atoms with van der Waals surface area (Å²) in [5.74, 6) is 1.05. The maximum absolute atomic E-state index is 5.37. The van der Waals surface area contributed by atoms with Crippen LogP contribution in [-0.4, -0.2) is 37.5 Å². The minimum atomic E-state index is 0.642. The summed E-state index contributed by atoms with van der Waals surface area (Å²) >= 11 is 0. The first-order valence-corrected chi connectivity index (χ1v) is 5.22. The molecule has 0 unspecified atom stereocenters. The van der Waals surface area contributed by atoms with Gasteiger partial charge in [-0.3, -0.25) is 4.99 Å². The highest BCUT2D eigenvalue weighted by molar-refractivity contribution is 5.83. The van der Waals surface area contributed by atoms with Crippen molar-refractivity contribution < 1.29 is 4.74 Å². The minimum Gasteiger partial charge on any atom is -0.372 e. The lowest BCUT2D eigenvalue weighted by atomic mass is 10.2. The highest BCUT2D eigenvalue weighted by Crippen LogP contribution is 2.08. The lowest BCUT2D eigenvalue weighted by Crippen LogP contribution is -2.41. The van der Waals surface area contributed by atoms with Crippen molar-refractivity contribution in [3.63, 3.8) is 0 Å². The van der Waals surface area contributed by atoms with Gasteiger partial charge < -0.3 is 9.64 Å². The molecule has 3 heteroatoms. The van der Waals surface area contributed by atoms with Gasteiger partial charge >= 0.3 is 0 Å². The van der Waals surface area contributed by atoms with Crippen molar-refractivity contribution in [1.82, 2.24) is 4.90 Å². The van der Waals surface area contributed by atoms with Crippen LogP contribution in [0.15, 0.2) is 35.3 Å². The minimum absolute atomic E-state index is 0.642. The van der Waals surface area contributed by atoms with Gasteiger partial charge in [0, 0.05) is 20.1 Å². The van der Waals surface area contributed by atoms with Gasteiger partial charge in [-0.1, -0.05) is 30.3 Å². The van der Waals surface area contributed by atoms with E-state index in [0.29, 0.717) is 6.61 Å². The lowest BCUT2D eigenvalue weighted by molar-refractivity contribution is 0.113. The number of hydrogen-bond acceptors (Lipinski definition) is 2. The van der Waals surface area contributed by atoms with Gasteiger partial charge in [0.2, 0.25) is 0 Å². The first-order chi connectivity index (χ1) is 7.40. The Labute approximate surface area is 90.4 Å². The molecule has 0 aliphatic carbocycles. The van der Waals surface area contributed by atoms with Gasteiger partial charge in [-0.05, 0) is 5.56 Å². The summed E-state index contributed by atoms with van der Waals surface area (Å²) in [5, 5.41) is 0. The molecule has 1 heterocycles. The Hall–Kier alpha value is -1.35. The fourth-order valence-corrected chi connectivity index (χ4v) is 1.74. The third-order valence-corrected chi connectivity index (χ3v) is 2.58. The van der Waals surface area contributed by atoms with Crippen LogP contribution in [0.3, 0.4) is 0 Å². The molecule has 2 rings (SSSR count). The molecular formula is C12H16N2O. The molecule has 0 N–H and O–H groups in total. The second-order valence-corrected chi connectivity index (χ2v) is 3.60. The maximum Gasteiger partial charge on any atom is 0.125 e. The number of aliphatic imine (C=N–C) groups is 1. The fraction of sp³-hybridized carbons (Fsp3) is 0.417. The number of hydrogen-bond donors (Lipinski definition) is 0. The normalized spacial score (nSPS) is 19.5. The number of morpholine rings is 1. The molecule has 80 valence electrons. The zero-order valence-corrected chi connectivity index (χ0v) is 9.02. The third kappa shape index (κ3) is 2.57. The summed E-state index contributed by atoms with van der Waals surface area (Å²) in [6.45, 7) is 3.30. The molecule has 1 aromatic rings. The van der Waals surface area contributed by atoms with Gasteiger partial charge in [0.1, 0.15) is 12.4 Å². The monoisotopic (exact) mass is 204 g/mol. The number of benzene rings is 1. The molecule has 3 nitrogen and oxygen atoms in total. The smallest absolute Gasteiger partial charge is 0.125 e. The van der Waals surface area contributed by atoms with E-state index in [4.69, 9.17) is 4.74 Å².